The molecule has 1 aromatic heterocycles. The largest absolute Gasteiger partial charge is 0.497 e. The lowest BCUT2D eigenvalue weighted by molar-refractivity contribution is -0.116. The fraction of sp³-hybridized carbons (Fsp3) is 0.250. The van der Waals surface area contributed by atoms with Crippen molar-refractivity contribution in [3.63, 3.8) is 0 Å². The summed E-state index contributed by atoms with van der Waals surface area (Å²) in [5.41, 5.74) is 12.6. The number of hydrogen-bond acceptors (Lipinski definition) is 4. The molecule has 0 bridgehead atoms. The highest BCUT2D eigenvalue weighted by Gasteiger charge is 2.39. The van der Waals surface area contributed by atoms with Gasteiger partial charge in [-0.3, -0.25) is 10.2 Å². The summed E-state index contributed by atoms with van der Waals surface area (Å²) < 4.78 is 7.67. The van der Waals surface area contributed by atoms with E-state index in [-0.39, 0.29) is 23.8 Å². The number of hydrazine groups is 1. The standard InChI is InChI=1S/C28H28N4O2/c1-34-20-12-10-19(11-13-20)28-22(15-29-31-28)21-14-26(33)30-24-8-5-9-25-27(24)23(21)17-32(25)16-18-6-3-2-4-7-18/h2-13,17,21-22,28-29,31H,14-16H2,1H3,(H,30,33). The Morgan fingerprint density at radius 3 is 2.62 bits per heavy atom. The van der Waals surface area contributed by atoms with Gasteiger partial charge < -0.3 is 14.6 Å². The SMILES string of the molecule is COc1ccc(C2NNCC2C2CC(=O)Nc3cccc4c3c2cn4Cc2ccccc2)cc1. The molecule has 6 rings (SSSR count). The predicted molar refractivity (Wildman–Crippen MR) is 134 cm³/mol. The topological polar surface area (TPSA) is 67.3 Å². The minimum Gasteiger partial charge on any atom is -0.497 e. The van der Waals surface area contributed by atoms with Crippen LogP contribution >= 0.6 is 0 Å². The van der Waals surface area contributed by atoms with Gasteiger partial charge in [0.25, 0.3) is 0 Å². The number of carbonyl (C=O) groups excluding carboxylic acids is 1. The maximum Gasteiger partial charge on any atom is 0.225 e. The molecule has 3 aromatic carbocycles. The van der Waals surface area contributed by atoms with E-state index in [1.165, 1.54) is 16.7 Å². The van der Waals surface area contributed by atoms with Crippen molar-refractivity contribution in [3.05, 3.63) is 95.7 Å². The molecule has 0 aliphatic carbocycles. The van der Waals surface area contributed by atoms with Crippen molar-refractivity contribution in [2.75, 3.05) is 19.0 Å². The average Bonchev–Trinajstić information content (AvgIpc) is 3.46. The predicted octanol–water partition coefficient (Wildman–Crippen LogP) is 4.59. The number of hydrogen-bond donors (Lipinski definition) is 3. The first-order chi connectivity index (χ1) is 16.7. The van der Waals surface area contributed by atoms with Gasteiger partial charge in [0.05, 0.1) is 24.4 Å². The second kappa shape index (κ2) is 8.63. The second-order valence-corrected chi connectivity index (χ2v) is 9.20. The van der Waals surface area contributed by atoms with E-state index in [2.05, 4.69) is 69.4 Å². The number of nitrogens with one attached hydrogen (secondary N) is 3. The first-order valence-corrected chi connectivity index (χ1v) is 11.8. The minimum absolute atomic E-state index is 0.0729. The quantitative estimate of drug-likeness (QED) is 0.414. The number of rotatable bonds is 5. The van der Waals surface area contributed by atoms with Crippen LogP contribution in [-0.4, -0.2) is 24.1 Å². The van der Waals surface area contributed by atoms with Gasteiger partial charge >= 0.3 is 0 Å². The van der Waals surface area contributed by atoms with Crippen LogP contribution in [0.15, 0.2) is 79.0 Å². The zero-order valence-electron chi connectivity index (χ0n) is 19.1. The third-order valence-corrected chi connectivity index (χ3v) is 7.23. The number of anilines is 1. The van der Waals surface area contributed by atoms with E-state index in [1.54, 1.807) is 7.11 Å². The highest BCUT2D eigenvalue weighted by atomic mass is 16.5. The fourth-order valence-electron chi connectivity index (χ4n) is 5.60. The molecule has 0 saturated carbocycles. The number of carbonyl (C=O) groups is 1. The van der Waals surface area contributed by atoms with Crippen LogP contribution in [0.1, 0.15) is 35.1 Å². The van der Waals surface area contributed by atoms with Gasteiger partial charge in [-0.25, -0.2) is 5.43 Å². The molecule has 3 heterocycles. The van der Waals surface area contributed by atoms with Gasteiger partial charge in [-0.2, -0.15) is 0 Å². The molecule has 0 spiro atoms. The molecule has 6 heteroatoms. The number of nitrogens with zero attached hydrogens (tertiary/aromatic N) is 1. The molecule has 172 valence electrons. The summed E-state index contributed by atoms with van der Waals surface area (Å²) >= 11 is 0. The summed E-state index contributed by atoms with van der Waals surface area (Å²) in [6.07, 6.45) is 2.73. The monoisotopic (exact) mass is 452 g/mol. The van der Waals surface area contributed by atoms with Gasteiger partial charge in [0, 0.05) is 42.9 Å². The summed E-state index contributed by atoms with van der Waals surface area (Å²) in [5.74, 6) is 1.22. The Morgan fingerprint density at radius 1 is 1.00 bits per heavy atom. The van der Waals surface area contributed by atoms with Gasteiger partial charge in [-0.05, 0) is 41.0 Å². The lowest BCUT2D eigenvalue weighted by Crippen LogP contribution is -2.26. The van der Waals surface area contributed by atoms with Crippen LogP contribution in [-0.2, 0) is 11.3 Å². The van der Waals surface area contributed by atoms with E-state index < -0.39 is 0 Å². The van der Waals surface area contributed by atoms with Crippen molar-refractivity contribution in [2.24, 2.45) is 5.92 Å². The molecule has 34 heavy (non-hydrogen) atoms. The molecular formula is C28H28N4O2. The number of methoxy groups -OCH3 is 1. The van der Waals surface area contributed by atoms with Crippen molar-refractivity contribution in [3.8, 4) is 5.75 Å². The Hall–Kier alpha value is -3.61. The van der Waals surface area contributed by atoms with Crippen molar-refractivity contribution in [2.45, 2.75) is 24.9 Å². The Kier molecular flexibility index (Phi) is 5.32. The first kappa shape index (κ1) is 21.0. The lowest BCUT2D eigenvalue weighted by atomic mass is 9.78. The van der Waals surface area contributed by atoms with Crippen LogP contribution in [0.25, 0.3) is 10.9 Å². The van der Waals surface area contributed by atoms with E-state index in [9.17, 15) is 4.79 Å². The van der Waals surface area contributed by atoms with E-state index in [4.69, 9.17) is 4.74 Å². The van der Waals surface area contributed by atoms with Gasteiger partial charge in [-0.1, -0.05) is 48.5 Å². The van der Waals surface area contributed by atoms with Gasteiger partial charge in [0.15, 0.2) is 0 Å². The van der Waals surface area contributed by atoms with E-state index in [1.807, 2.05) is 30.3 Å². The summed E-state index contributed by atoms with van der Waals surface area (Å²) in [6, 6.07) is 25.0. The highest BCUT2D eigenvalue weighted by Crippen LogP contribution is 2.45. The zero-order chi connectivity index (χ0) is 23.1. The van der Waals surface area contributed by atoms with Crippen molar-refractivity contribution in [1.29, 1.82) is 0 Å². The maximum absolute atomic E-state index is 13.0. The second-order valence-electron chi connectivity index (χ2n) is 9.20. The Morgan fingerprint density at radius 2 is 1.82 bits per heavy atom. The molecular weight excluding hydrogens is 424 g/mol. The Labute approximate surface area is 198 Å². The normalized spacial score (nSPS) is 21.9. The molecule has 3 N–H and O–H groups in total. The Bertz CT molecular complexity index is 1330. The molecule has 1 fully saturated rings. The van der Waals surface area contributed by atoms with E-state index in [0.717, 1.165) is 35.4 Å². The summed E-state index contributed by atoms with van der Waals surface area (Å²) in [4.78, 5) is 13.0. The van der Waals surface area contributed by atoms with E-state index >= 15 is 0 Å². The smallest absolute Gasteiger partial charge is 0.225 e. The molecule has 6 nitrogen and oxygen atoms in total. The average molecular weight is 453 g/mol. The van der Waals surface area contributed by atoms with Crippen LogP contribution in [0.2, 0.25) is 0 Å². The van der Waals surface area contributed by atoms with Gasteiger partial charge in [-0.15, -0.1) is 0 Å². The zero-order valence-corrected chi connectivity index (χ0v) is 19.1. The third kappa shape index (κ3) is 3.65. The summed E-state index contributed by atoms with van der Waals surface area (Å²) in [5, 5.41) is 4.34. The maximum atomic E-state index is 13.0. The highest BCUT2D eigenvalue weighted by molar-refractivity contribution is 6.05. The van der Waals surface area contributed by atoms with Crippen LogP contribution in [0.5, 0.6) is 5.75 Å². The number of aromatic nitrogens is 1. The summed E-state index contributed by atoms with van der Waals surface area (Å²) in [6.45, 7) is 1.59. The Balaban J connectivity index is 1.43. The molecule has 2 aliphatic rings. The van der Waals surface area contributed by atoms with Crippen LogP contribution < -0.4 is 20.9 Å². The van der Waals surface area contributed by atoms with Crippen LogP contribution in [0, 0.1) is 5.92 Å². The van der Waals surface area contributed by atoms with Crippen LogP contribution in [0.3, 0.4) is 0 Å². The fourth-order valence-corrected chi connectivity index (χ4v) is 5.60. The number of amides is 1. The molecule has 4 aromatic rings. The third-order valence-electron chi connectivity index (χ3n) is 7.23. The van der Waals surface area contributed by atoms with Gasteiger partial charge in [0.2, 0.25) is 5.91 Å². The number of ether oxygens (including phenoxy) is 1. The first-order valence-electron chi connectivity index (χ1n) is 11.8. The van der Waals surface area contributed by atoms with E-state index in [0.29, 0.717) is 6.42 Å². The molecule has 1 saturated heterocycles. The van der Waals surface area contributed by atoms with Gasteiger partial charge in [0.1, 0.15) is 5.75 Å². The molecule has 3 unspecified atom stereocenters. The van der Waals surface area contributed by atoms with Crippen LogP contribution in [0.4, 0.5) is 5.69 Å². The minimum atomic E-state index is 0.0729. The molecule has 3 atom stereocenters. The molecule has 2 aliphatic heterocycles. The molecule has 1 amide bonds. The molecule has 0 radical (unpaired) electrons. The van der Waals surface area contributed by atoms with Crippen molar-refractivity contribution in [1.82, 2.24) is 15.4 Å². The lowest BCUT2D eigenvalue weighted by Gasteiger charge is -2.26. The summed E-state index contributed by atoms with van der Waals surface area (Å²) in [7, 11) is 1.68. The van der Waals surface area contributed by atoms with Crippen molar-refractivity contribution >= 4 is 22.5 Å². The number of benzene rings is 3. The van der Waals surface area contributed by atoms with Crippen molar-refractivity contribution < 1.29 is 9.53 Å².